The van der Waals surface area contributed by atoms with E-state index in [9.17, 15) is 23.1 Å². The smallest absolute Gasteiger partial charge is 0.326 e. The fourth-order valence-electron chi connectivity index (χ4n) is 2.71. The number of rotatable bonds is 6. The van der Waals surface area contributed by atoms with Crippen molar-refractivity contribution in [2.75, 3.05) is 12.3 Å². The van der Waals surface area contributed by atoms with Crippen molar-refractivity contribution < 1.29 is 23.1 Å². The summed E-state index contributed by atoms with van der Waals surface area (Å²) in [4.78, 5) is 25.0. The maximum absolute atomic E-state index is 12.4. The Morgan fingerprint density at radius 2 is 2.05 bits per heavy atom. The normalized spacial score (nSPS) is 24.6. The zero-order valence-electron chi connectivity index (χ0n) is 12.7. The molecule has 0 aromatic carbocycles. The zero-order valence-corrected chi connectivity index (χ0v) is 13.5. The molecule has 7 nitrogen and oxygen atoms in total. The SMILES string of the molecule is CCCS(=O)(=O)NC(C)C(=O)N1CCCC(C)C1C(=O)O. The van der Waals surface area contributed by atoms with Crippen LogP contribution in [0.5, 0.6) is 0 Å². The van der Waals surface area contributed by atoms with Gasteiger partial charge >= 0.3 is 5.97 Å². The Hall–Kier alpha value is -1.15. The van der Waals surface area contributed by atoms with Crippen molar-refractivity contribution in [3.8, 4) is 0 Å². The standard InChI is InChI=1S/C13H24N2O5S/c1-4-8-21(19,20)14-10(3)12(16)15-7-5-6-9(2)11(15)13(17)18/h9-11,14H,4-8H2,1-3H3,(H,17,18). The Morgan fingerprint density at radius 3 is 2.57 bits per heavy atom. The molecule has 3 unspecified atom stereocenters. The van der Waals surface area contributed by atoms with Crippen LogP contribution in [-0.4, -0.2) is 54.7 Å². The highest BCUT2D eigenvalue weighted by Crippen LogP contribution is 2.24. The number of carboxylic acid groups (broad SMARTS) is 1. The van der Waals surface area contributed by atoms with Gasteiger partial charge in [0.25, 0.3) is 0 Å². The minimum atomic E-state index is -3.51. The van der Waals surface area contributed by atoms with E-state index in [2.05, 4.69) is 4.72 Å². The third kappa shape index (κ3) is 4.67. The largest absolute Gasteiger partial charge is 0.480 e. The fourth-order valence-corrected chi connectivity index (χ4v) is 4.00. The van der Waals surface area contributed by atoms with Crippen molar-refractivity contribution in [3.05, 3.63) is 0 Å². The highest BCUT2D eigenvalue weighted by Gasteiger charge is 2.38. The molecule has 0 aliphatic carbocycles. The van der Waals surface area contributed by atoms with E-state index in [4.69, 9.17) is 0 Å². The minimum absolute atomic E-state index is 0.0522. The highest BCUT2D eigenvalue weighted by molar-refractivity contribution is 7.89. The molecule has 1 aliphatic rings. The quantitative estimate of drug-likeness (QED) is 0.738. The Bertz CT molecular complexity index is 491. The van der Waals surface area contributed by atoms with Crippen LogP contribution in [-0.2, 0) is 19.6 Å². The van der Waals surface area contributed by atoms with E-state index in [0.29, 0.717) is 13.0 Å². The molecule has 1 aliphatic heterocycles. The van der Waals surface area contributed by atoms with Gasteiger partial charge in [0.2, 0.25) is 15.9 Å². The number of hydrogen-bond donors (Lipinski definition) is 2. The van der Waals surface area contributed by atoms with E-state index in [1.807, 2.05) is 0 Å². The third-order valence-corrected chi connectivity index (χ3v) is 5.33. The summed E-state index contributed by atoms with van der Waals surface area (Å²) in [5.41, 5.74) is 0. The molecule has 122 valence electrons. The topological polar surface area (TPSA) is 104 Å². The molecular formula is C13H24N2O5S. The first-order chi connectivity index (χ1) is 9.69. The average Bonchev–Trinajstić information content (AvgIpc) is 2.36. The molecule has 2 N–H and O–H groups in total. The number of aliphatic carboxylic acids is 1. The van der Waals surface area contributed by atoms with Crippen molar-refractivity contribution in [1.82, 2.24) is 9.62 Å². The molecule has 3 atom stereocenters. The van der Waals surface area contributed by atoms with Gasteiger partial charge < -0.3 is 10.0 Å². The van der Waals surface area contributed by atoms with E-state index < -0.39 is 34.0 Å². The van der Waals surface area contributed by atoms with Crippen LogP contribution >= 0.6 is 0 Å². The first-order valence-corrected chi connectivity index (χ1v) is 8.88. The molecule has 1 fully saturated rings. The number of carboxylic acids is 1. The van der Waals surface area contributed by atoms with Crippen molar-refractivity contribution in [1.29, 1.82) is 0 Å². The molecule has 1 amide bonds. The zero-order chi connectivity index (χ0) is 16.2. The second-order valence-corrected chi connectivity index (χ2v) is 7.47. The number of piperidine rings is 1. The summed E-state index contributed by atoms with van der Waals surface area (Å²) in [5, 5.41) is 9.29. The van der Waals surface area contributed by atoms with Crippen LogP contribution in [0.1, 0.15) is 40.0 Å². The predicted octanol–water partition coefficient (Wildman–Crippen LogP) is 0.416. The van der Waals surface area contributed by atoms with Gasteiger partial charge in [-0.05, 0) is 32.1 Å². The Morgan fingerprint density at radius 1 is 1.43 bits per heavy atom. The van der Waals surface area contributed by atoms with E-state index in [-0.39, 0.29) is 11.7 Å². The van der Waals surface area contributed by atoms with Crippen molar-refractivity contribution in [2.24, 2.45) is 5.92 Å². The Kier molecular flexibility index (Phi) is 6.15. The van der Waals surface area contributed by atoms with Crippen molar-refractivity contribution >= 4 is 21.9 Å². The predicted molar refractivity (Wildman–Crippen MR) is 78.2 cm³/mol. The third-order valence-electron chi connectivity index (χ3n) is 3.67. The lowest BCUT2D eigenvalue weighted by atomic mass is 9.90. The number of nitrogens with zero attached hydrogens (tertiary/aromatic N) is 1. The van der Waals surface area contributed by atoms with Crippen LogP contribution in [0.2, 0.25) is 0 Å². The molecule has 0 aromatic heterocycles. The van der Waals surface area contributed by atoms with E-state index in [1.54, 1.807) is 13.8 Å². The fraction of sp³-hybridized carbons (Fsp3) is 0.846. The van der Waals surface area contributed by atoms with Gasteiger partial charge in [0, 0.05) is 6.54 Å². The lowest BCUT2D eigenvalue weighted by Gasteiger charge is -2.38. The Labute approximate surface area is 125 Å². The van der Waals surface area contributed by atoms with E-state index >= 15 is 0 Å². The number of sulfonamides is 1. The van der Waals surface area contributed by atoms with Crippen LogP contribution < -0.4 is 4.72 Å². The molecule has 8 heteroatoms. The van der Waals surface area contributed by atoms with Gasteiger partial charge in [0.05, 0.1) is 11.8 Å². The van der Waals surface area contributed by atoms with Crippen molar-refractivity contribution in [2.45, 2.75) is 52.1 Å². The number of carbonyl (C=O) groups is 2. The molecule has 0 radical (unpaired) electrons. The first kappa shape index (κ1) is 17.9. The summed E-state index contributed by atoms with van der Waals surface area (Å²) in [6.07, 6.45) is 1.93. The van der Waals surface area contributed by atoms with Gasteiger partial charge in [-0.25, -0.2) is 17.9 Å². The van der Waals surface area contributed by atoms with Crippen LogP contribution in [0.4, 0.5) is 0 Å². The van der Waals surface area contributed by atoms with Gasteiger partial charge in [-0.3, -0.25) is 4.79 Å². The molecule has 1 saturated heterocycles. The molecule has 21 heavy (non-hydrogen) atoms. The lowest BCUT2D eigenvalue weighted by Crippen LogP contribution is -2.57. The summed E-state index contributed by atoms with van der Waals surface area (Å²) in [7, 11) is -3.51. The summed E-state index contributed by atoms with van der Waals surface area (Å²) >= 11 is 0. The number of amides is 1. The van der Waals surface area contributed by atoms with Crippen LogP contribution in [0.25, 0.3) is 0 Å². The number of carbonyl (C=O) groups excluding carboxylic acids is 1. The summed E-state index contributed by atoms with van der Waals surface area (Å²) < 4.78 is 25.7. The molecular weight excluding hydrogens is 296 g/mol. The van der Waals surface area contributed by atoms with E-state index in [0.717, 1.165) is 12.8 Å². The maximum Gasteiger partial charge on any atom is 0.326 e. The van der Waals surface area contributed by atoms with Gasteiger partial charge in [-0.1, -0.05) is 13.8 Å². The average molecular weight is 320 g/mol. The molecule has 1 rings (SSSR count). The van der Waals surface area contributed by atoms with Crippen LogP contribution in [0.15, 0.2) is 0 Å². The van der Waals surface area contributed by atoms with E-state index in [1.165, 1.54) is 11.8 Å². The first-order valence-electron chi connectivity index (χ1n) is 7.23. The molecule has 0 saturated carbocycles. The van der Waals surface area contributed by atoms with Crippen LogP contribution in [0.3, 0.4) is 0 Å². The summed E-state index contributed by atoms with van der Waals surface area (Å²) in [5.74, 6) is -1.71. The van der Waals surface area contributed by atoms with Gasteiger partial charge in [-0.15, -0.1) is 0 Å². The Balaban J connectivity index is 2.82. The molecule has 1 heterocycles. The van der Waals surface area contributed by atoms with Crippen molar-refractivity contribution in [3.63, 3.8) is 0 Å². The second kappa shape index (κ2) is 7.22. The monoisotopic (exact) mass is 320 g/mol. The maximum atomic E-state index is 12.4. The lowest BCUT2D eigenvalue weighted by molar-refractivity contribution is -0.155. The number of hydrogen-bond acceptors (Lipinski definition) is 4. The highest BCUT2D eigenvalue weighted by atomic mass is 32.2. The minimum Gasteiger partial charge on any atom is -0.480 e. The molecule has 0 spiro atoms. The number of likely N-dealkylation sites (tertiary alicyclic amines) is 1. The van der Waals surface area contributed by atoms with Gasteiger partial charge in [-0.2, -0.15) is 0 Å². The summed E-state index contributed by atoms with van der Waals surface area (Å²) in [6.45, 7) is 5.33. The van der Waals surface area contributed by atoms with Gasteiger partial charge in [0.15, 0.2) is 0 Å². The molecule has 0 aromatic rings. The number of nitrogens with one attached hydrogen (secondary N) is 1. The van der Waals surface area contributed by atoms with Crippen LogP contribution in [0, 0.1) is 5.92 Å². The summed E-state index contributed by atoms with van der Waals surface area (Å²) in [6, 6.07) is -1.84. The van der Waals surface area contributed by atoms with Gasteiger partial charge in [0.1, 0.15) is 6.04 Å². The second-order valence-electron chi connectivity index (χ2n) is 5.59. The molecule has 0 bridgehead atoms.